The van der Waals surface area contributed by atoms with Crippen molar-refractivity contribution < 1.29 is 9.90 Å². The van der Waals surface area contributed by atoms with Crippen molar-refractivity contribution in [2.24, 2.45) is 23.7 Å². The van der Waals surface area contributed by atoms with Gasteiger partial charge in [-0.15, -0.1) is 0 Å². The number of carbonyl (C=O) groups is 1. The van der Waals surface area contributed by atoms with Gasteiger partial charge in [0, 0.05) is 38.7 Å². The fourth-order valence-electron chi connectivity index (χ4n) is 7.40. The number of rotatable bonds is 5. The highest BCUT2D eigenvalue weighted by molar-refractivity contribution is 5.93. The van der Waals surface area contributed by atoms with Gasteiger partial charge in [0.05, 0.1) is 0 Å². The van der Waals surface area contributed by atoms with Gasteiger partial charge in [-0.3, -0.25) is 4.79 Å². The summed E-state index contributed by atoms with van der Waals surface area (Å²) in [5, 5.41) is 9.42. The molecule has 0 aliphatic heterocycles. The molecule has 4 aliphatic rings. The number of nitrogens with zero attached hydrogens (tertiary/aromatic N) is 1. The molecule has 4 unspecified atom stereocenters. The van der Waals surface area contributed by atoms with Crippen LogP contribution in [0.4, 0.5) is 5.69 Å². The minimum atomic E-state index is 0.323. The Morgan fingerprint density at radius 2 is 1.81 bits per heavy atom. The summed E-state index contributed by atoms with van der Waals surface area (Å²) in [6, 6.07) is 9.25. The molecule has 0 amide bonds. The van der Waals surface area contributed by atoms with Gasteiger partial charge in [0.25, 0.3) is 0 Å². The van der Waals surface area contributed by atoms with Crippen LogP contribution >= 0.6 is 0 Å². The molecule has 1 N–H and O–H groups in total. The standard InChI is InChI=1S/C28H37NO2/c1-29(2)21-9-5-19(6-10-21)27-17-26-18(4-3-15-30)7-12-24(26)25-13-8-20-16-22(31)11-14-23(20)28(25)27/h5-6,9-10,16,18,24-27,30H,3-4,7-8,11-15,17H2,1-2H3/t18-,24?,25?,26?,27?/m0/s1. The van der Waals surface area contributed by atoms with Crippen molar-refractivity contribution in [3.8, 4) is 0 Å². The maximum Gasteiger partial charge on any atom is 0.156 e. The van der Waals surface area contributed by atoms with Crippen molar-refractivity contribution >= 4 is 11.5 Å². The van der Waals surface area contributed by atoms with Gasteiger partial charge in [0.1, 0.15) is 0 Å². The van der Waals surface area contributed by atoms with Gasteiger partial charge in [-0.25, -0.2) is 0 Å². The topological polar surface area (TPSA) is 40.5 Å². The van der Waals surface area contributed by atoms with Crippen molar-refractivity contribution in [3.05, 3.63) is 52.6 Å². The smallest absolute Gasteiger partial charge is 0.156 e. The van der Waals surface area contributed by atoms with E-state index in [-0.39, 0.29) is 0 Å². The summed E-state index contributed by atoms with van der Waals surface area (Å²) in [5.74, 6) is 3.87. The fourth-order valence-corrected chi connectivity index (χ4v) is 7.40. The molecule has 1 aromatic carbocycles. The van der Waals surface area contributed by atoms with Crippen LogP contribution in [0.25, 0.3) is 0 Å². The molecular formula is C28H37NO2. The molecule has 5 rings (SSSR count). The number of aliphatic hydroxyl groups excluding tert-OH is 1. The van der Waals surface area contributed by atoms with Gasteiger partial charge >= 0.3 is 0 Å². The first-order valence-corrected chi connectivity index (χ1v) is 12.4. The van der Waals surface area contributed by atoms with Crippen LogP contribution in [-0.2, 0) is 4.79 Å². The van der Waals surface area contributed by atoms with E-state index in [1.165, 1.54) is 48.9 Å². The van der Waals surface area contributed by atoms with Crippen LogP contribution in [0.5, 0.6) is 0 Å². The Morgan fingerprint density at radius 3 is 2.55 bits per heavy atom. The highest BCUT2D eigenvalue weighted by Gasteiger charge is 2.49. The molecule has 1 aromatic rings. The van der Waals surface area contributed by atoms with Crippen LogP contribution in [0.2, 0.25) is 0 Å². The number of ketones is 1. The molecule has 0 radical (unpaired) electrons. The van der Waals surface area contributed by atoms with Gasteiger partial charge in [-0.1, -0.05) is 17.7 Å². The summed E-state index contributed by atoms with van der Waals surface area (Å²) in [7, 11) is 4.20. The van der Waals surface area contributed by atoms with E-state index in [9.17, 15) is 9.90 Å². The summed E-state index contributed by atoms with van der Waals surface area (Å²) >= 11 is 0. The van der Waals surface area contributed by atoms with Crippen LogP contribution in [0.3, 0.4) is 0 Å². The zero-order valence-corrected chi connectivity index (χ0v) is 19.1. The third kappa shape index (κ3) is 3.80. The Balaban J connectivity index is 1.56. The van der Waals surface area contributed by atoms with Crippen molar-refractivity contribution in [2.45, 2.75) is 63.7 Å². The quantitative estimate of drug-likeness (QED) is 0.670. The van der Waals surface area contributed by atoms with E-state index in [4.69, 9.17) is 0 Å². The zero-order chi connectivity index (χ0) is 21.5. The molecule has 31 heavy (non-hydrogen) atoms. The highest BCUT2D eigenvalue weighted by atomic mass is 16.2. The number of benzene rings is 1. The SMILES string of the molecule is CN(C)c1ccc(C2CC3C(CC[C@@H]3CCCO)C3CCC4=CC(=O)CCC4=C23)cc1. The number of allylic oxidation sites excluding steroid dienone is 4. The lowest BCUT2D eigenvalue weighted by Crippen LogP contribution is -2.36. The molecule has 0 spiro atoms. The third-order valence-electron chi connectivity index (χ3n) is 8.79. The largest absolute Gasteiger partial charge is 0.396 e. The van der Waals surface area contributed by atoms with E-state index in [1.54, 1.807) is 11.1 Å². The highest BCUT2D eigenvalue weighted by Crippen LogP contribution is 2.60. The second kappa shape index (κ2) is 8.58. The monoisotopic (exact) mass is 419 g/mol. The second-order valence-electron chi connectivity index (χ2n) is 10.5. The first-order chi connectivity index (χ1) is 15.1. The summed E-state index contributed by atoms with van der Waals surface area (Å²) in [6.07, 6.45) is 12.0. The fraction of sp³-hybridized carbons (Fsp3) is 0.607. The van der Waals surface area contributed by atoms with Crippen LogP contribution < -0.4 is 4.90 Å². The first-order valence-electron chi connectivity index (χ1n) is 12.4. The van der Waals surface area contributed by atoms with E-state index < -0.39 is 0 Å². The number of hydrogen-bond donors (Lipinski definition) is 1. The van der Waals surface area contributed by atoms with Crippen LogP contribution in [-0.4, -0.2) is 31.6 Å². The Hall–Kier alpha value is -1.87. The Morgan fingerprint density at radius 1 is 1.00 bits per heavy atom. The number of hydrogen-bond acceptors (Lipinski definition) is 3. The predicted molar refractivity (Wildman–Crippen MR) is 126 cm³/mol. The van der Waals surface area contributed by atoms with E-state index in [0.29, 0.717) is 30.6 Å². The summed E-state index contributed by atoms with van der Waals surface area (Å²) in [4.78, 5) is 14.3. The lowest BCUT2D eigenvalue weighted by Gasteiger charge is -2.47. The molecule has 0 saturated heterocycles. The average Bonchev–Trinajstić information content (AvgIpc) is 3.19. The maximum atomic E-state index is 12.1. The lowest BCUT2D eigenvalue weighted by atomic mass is 9.57. The number of fused-ring (bicyclic) bond motifs is 4. The van der Waals surface area contributed by atoms with Crippen LogP contribution in [0.15, 0.2) is 47.1 Å². The van der Waals surface area contributed by atoms with Crippen LogP contribution in [0, 0.1) is 23.7 Å². The molecule has 3 heteroatoms. The van der Waals surface area contributed by atoms with Crippen molar-refractivity contribution in [3.63, 3.8) is 0 Å². The minimum absolute atomic E-state index is 0.323. The number of anilines is 1. The Bertz CT molecular complexity index is 894. The van der Waals surface area contributed by atoms with E-state index in [0.717, 1.165) is 37.0 Å². The van der Waals surface area contributed by atoms with Gasteiger partial charge in [0.15, 0.2) is 5.78 Å². The van der Waals surface area contributed by atoms with Gasteiger partial charge in [-0.05, 0) is 110 Å². The average molecular weight is 420 g/mol. The molecule has 2 saturated carbocycles. The molecule has 166 valence electrons. The predicted octanol–water partition coefficient (Wildman–Crippen LogP) is 5.65. The second-order valence-corrected chi connectivity index (χ2v) is 10.5. The molecule has 0 bridgehead atoms. The van der Waals surface area contributed by atoms with E-state index in [1.807, 2.05) is 6.08 Å². The van der Waals surface area contributed by atoms with Gasteiger partial charge < -0.3 is 10.0 Å². The Labute approximate surface area is 187 Å². The third-order valence-corrected chi connectivity index (χ3v) is 8.79. The molecule has 5 atom stereocenters. The normalized spacial score (nSPS) is 32.3. The molecule has 4 aliphatic carbocycles. The molecule has 2 fully saturated rings. The summed E-state index contributed by atoms with van der Waals surface area (Å²) in [5.41, 5.74) is 7.32. The summed E-state index contributed by atoms with van der Waals surface area (Å²) < 4.78 is 0. The van der Waals surface area contributed by atoms with Gasteiger partial charge in [0.2, 0.25) is 0 Å². The van der Waals surface area contributed by atoms with Gasteiger partial charge in [-0.2, -0.15) is 0 Å². The van der Waals surface area contributed by atoms with Crippen LogP contribution in [0.1, 0.15) is 69.3 Å². The number of carbonyl (C=O) groups excluding carboxylic acids is 1. The Kier molecular flexibility index (Phi) is 5.81. The lowest BCUT2D eigenvalue weighted by molar-refractivity contribution is -0.114. The first kappa shape index (κ1) is 21.0. The zero-order valence-electron chi connectivity index (χ0n) is 19.1. The minimum Gasteiger partial charge on any atom is -0.396 e. The van der Waals surface area contributed by atoms with E-state index >= 15 is 0 Å². The molecule has 3 nitrogen and oxygen atoms in total. The van der Waals surface area contributed by atoms with Crippen molar-refractivity contribution in [1.29, 1.82) is 0 Å². The number of aliphatic hydroxyl groups is 1. The summed E-state index contributed by atoms with van der Waals surface area (Å²) in [6.45, 7) is 0.324. The molecular weight excluding hydrogens is 382 g/mol. The molecule has 0 heterocycles. The van der Waals surface area contributed by atoms with Crippen molar-refractivity contribution in [2.75, 3.05) is 25.6 Å². The maximum absolute atomic E-state index is 12.1. The van der Waals surface area contributed by atoms with Crippen molar-refractivity contribution in [1.82, 2.24) is 0 Å². The van der Waals surface area contributed by atoms with E-state index in [2.05, 4.69) is 43.3 Å². The molecule has 0 aromatic heterocycles.